The molecule has 2 fully saturated rings. The highest BCUT2D eigenvalue weighted by molar-refractivity contribution is 5.42. The van der Waals surface area contributed by atoms with Gasteiger partial charge in [-0.25, -0.2) is 17.6 Å². The van der Waals surface area contributed by atoms with Gasteiger partial charge in [0, 0.05) is 5.92 Å². The second-order valence-electron chi connectivity index (χ2n) is 9.97. The van der Waals surface area contributed by atoms with E-state index < -0.39 is 29.0 Å². The molecule has 1 aromatic rings. The van der Waals surface area contributed by atoms with E-state index in [4.69, 9.17) is 0 Å². The largest absolute Gasteiger partial charge is 0.279 e. The zero-order chi connectivity index (χ0) is 21.5. The van der Waals surface area contributed by atoms with Crippen molar-refractivity contribution in [1.82, 2.24) is 0 Å². The molecule has 0 aliphatic heterocycles. The molecule has 2 saturated carbocycles. The van der Waals surface area contributed by atoms with Crippen molar-refractivity contribution in [2.24, 2.45) is 29.6 Å². The first-order valence-corrected chi connectivity index (χ1v) is 11.9. The monoisotopic (exact) mass is 422 g/mol. The topological polar surface area (TPSA) is 0 Å². The molecule has 0 heterocycles. The van der Waals surface area contributed by atoms with Crippen molar-refractivity contribution < 1.29 is 17.6 Å². The predicted molar refractivity (Wildman–Crippen MR) is 113 cm³/mol. The highest BCUT2D eigenvalue weighted by atomic mass is 19.3. The average Bonchev–Trinajstić information content (AvgIpc) is 3.02. The number of allylic oxidation sites excluding steroid dienone is 1. The van der Waals surface area contributed by atoms with Crippen LogP contribution in [0.15, 0.2) is 18.7 Å². The van der Waals surface area contributed by atoms with Crippen LogP contribution < -0.4 is 0 Å². The minimum atomic E-state index is -3.27. The fourth-order valence-corrected chi connectivity index (χ4v) is 6.59. The Labute approximate surface area is 178 Å². The van der Waals surface area contributed by atoms with Gasteiger partial charge in [0.1, 0.15) is 0 Å². The predicted octanol–water partition coefficient (Wildman–Crippen LogP) is 7.98. The first-order chi connectivity index (χ1) is 14.4. The number of fused-ring (bicyclic) bond motifs is 1. The van der Waals surface area contributed by atoms with Crippen molar-refractivity contribution in [3.8, 4) is 0 Å². The van der Waals surface area contributed by atoms with Crippen LogP contribution in [0.5, 0.6) is 0 Å². The van der Waals surface area contributed by atoms with Crippen LogP contribution in [0.3, 0.4) is 0 Å². The molecular weight excluding hydrogens is 388 g/mol. The van der Waals surface area contributed by atoms with Gasteiger partial charge < -0.3 is 0 Å². The van der Waals surface area contributed by atoms with Crippen LogP contribution in [0.2, 0.25) is 0 Å². The molecule has 0 radical (unpaired) electrons. The minimum absolute atomic E-state index is 0.106. The van der Waals surface area contributed by atoms with Crippen LogP contribution in [0.25, 0.3) is 0 Å². The SMILES string of the molecule is C=CC1CCC(C2CCC(C3Cc4cc(CCC)c(F)c(F)c4C3(F)F)CC2)CC1. The maximum atomic E-state index is 15.3. The van der Waals surface area contributed by atoms with Crippen molar-refractivity contribution in [3.63, 3.8) is 0 Å². The summed E-state index contributed by atoms with van der Waals surface area (Å²) < 4.78 is 59.5. The van der Waals surface area contributed by atoms with Gasteiger partial charge in [0.15, 0.2) is 11.6 Å². The van der Waals surface area contributed by atoms with Gasteiger partial charge in [-0.1, -0.05) is 25.5 Å². The van der Waals surface area contributed by atoms with Gasteiger partial charge in [0.2, 0.25) is 0 Å². The Hall–Kier alpha value is -1.32. The molecule has 4 heteroatoms. The third kappa shape index (κ3) is 3.84. The van der Waals surface area contributed by atoms with Crippen molar-refractivity contribution >= 4 is 0 Å². The molecule has 0 nitrogen and oxygen atoms in total. The summed E-state index contributed by atoms with van der Waals surface area (Å²) in [6, 6.07) is 1.51. The van der Waals surface area contributed by atoms with Crippen LogP contribution in [0, 0.1) is 41.2 Å². The van der Waals surface area contributed by atoms with Crippen molar-refractivity contribution in [2.45, 2.75) is 83.5 Å². The van der Waals surface area contributed by atoms with E-state index in [1.54, 1.807) is 0 Å². The van der Waals surface area contributed by atoms with E-state index in [0.29, 0.717) is 36.2 Å². The van der Waals surface area contributed by atoms with Crippen molar-refractivity contribution in [2.75, 3.05) is 0 Å². The normalized spacial score (nSPS) is 33.3. The number of hydrogen-bond acceptors (Lipinski definition) is 0. The highest BCUT2D eigenvalue weighted by Gasteiger charge is 2.54. The maximum absolute atomic E-state index is 15.3. The van der Waals surface area contributed by atoms with Gasteiger partial charge in [-0.2, -0.15) is 0 Å². The van der Waals surface area contributed by atoms with Gasteiger partial charge in [-0.15, -0.1) is 6.58 Å². The number of aryl methyl sites for hydroxylation is 1. The Balaban J connectivity index is 1.44. The lowest BCUT2D eigenvalue weighted by Crippen LogP contribution is -2.33. The summed E-state index contributed by atoms with van der Waals surface area (Å²) in [5.74, 6) is -4.67. The average molecular weight is 423 g/mol. The molecule has 0 spiro atoms. The molecule has 0 N–H and O–H groups in total. The molecule has 1 atom stereocenters. The first-order valence-electron chi connectivity index (χ1n) is 11.9. The van der Waals surface area contributed by atoms with Crippen LogP contribution in [0.4, 0.5) is 17.6 Å². The molecule has 3 aliphatic carbocycles. The number of hydrogen-bond donors (Lipinski definition) is 0. The maximum Gasteiger partial charge on any atom is 0.279 e. The Morgan fingerprint density at radius 3 is 2.07 bits per heavy atom. The Morgan fingerprint density at radius 1 is 0.933 bits per heavy atom. The molecule has 1 aromatic carbocycles. The summed E-state index contributed by atoms with van der Waals surface area (Å²) in [6.07, 6.45) is 11.7. The first kappa shape index (κ1) is 21.9. The van der Waals surface area contributed by atoms with Crippen LogP contribution >= 0.6 is 0 Å². The third-order valence-electron chi connectivity index (χ3n) is 8.32. The summed E-state index contributed by atoms with van der Waals surface area (Å²) in [4.78, 5) is 0. The summed E-state index contributed by atoms with van der Waals surface area (Å²) in [5.41, 5.74) is -0.0871. The van der Waals surface area contributed by atoms with Gasteiger partial charge >= 0.3 is 0 Å². The van der Waals surface area contributed by atoms with E-state index in [1.165, 1.54) is 31.7 Å². The quantitative estimate of drug-likeness (QED) is 0.333. The Bertz CT molecular complexity index is 768. The number of halogens is 4. The summed E-state index contributed by atoms with van der Waals surface area (Å²) in [5, 5.41) is 0. The molecule has 166 valence electrons. The van der Waals surface area contributed by atoms with Gasteiger partial charge in [0.05, 0.1) is 5.56 Å². The van der Waals surface area contributed by atoms with Gasteiger partial charge in [0.25, 0.3) is 5.92 Å². The van der Waals surface area contributed by atoms with Crippen LogP contribution in [-0.2, 0) is 18.8 Å². The summed E-state index contributed by atoms with van der Waals surface area (Å²) >= 11 is 0. The zero-order valence-corrected chi connectivity index (χ0v) is 18.0. The molecule has 4 rings (SSSR count). The molecule has 0 bridgehead atoms. The second-order valence-corrected chi connectivity index (χ2v) is 9.97. The molecule has 0 amide bonds. The Kier molecular flexibility index (Phi) is 6.33. The van der Waals surface area contributed by atoms with Crippen LogP contribution in [0.1, 0.15) is 81.4 Å². The minimum Gasteiger partial charge on any atom is -0.203 e. The fourth-order valence-electron chi connectivity index (χ4n) is 6.59. The van der Waals surface area contributed by atoms with Gasteiger partial charge in [-0.3, -0.25) is 0 Å². The molecule has 3 aliphatic rings. The van der Waals surface area contributed by atoms with Gasteiger partial charge in [-0.05, 0) is 99.0 Å². The lowest BCUT2D eigenvalue weighted by atomic mass is 9.67. The van der Waals surface area contributed by atoms with E-state index in [-0.39, 0.29) is 17.9 Å². The second kappa shape index (κ2) is 8.67. The lowest BCUT2D eigenvalue weighted by Gasteiger charge is -2.39. The highest BCUT2D eigenvalue weighted by Crippen LogP contribution is 2.54. The molecule has 1 unspecified atom stereocenters. The summed E-state index contributed by atoms with van der Waals surface area (Å²) in [7, 11) is 0. The van der Waals surface area contributed by atoms with Crippen LogP contribution in [-0.4, -0.2) is 0 Å². The molecule has 0 saturated heterocycles. The number of benzene rings is 1. The number of rotatable bonds is 5. The third-order valence-corrected chi connectivity index (χ3v) is 8.32. The zero-order valence-electron chi connectivity index (χ0n) is 18.0. The smallest absolute Gasteiger partial charge is 0.203 e. The molecular formula is C26H34F4. The van der Waals surface area contributed by atoms with Crippen molar-refractivity contribution in [1.29, 1.82) is 0 Å². The van der Waals surface area contributed by atoms with Crippen molar-refractivity contribution in [3.05, 3.63) is 47.0 Å². The van der Waals surface area contributed by atoms with E-state index >= 15 is 8.78 Å². The lowest BCUT2D eigenvalue weighted by molar-refractivity contribution is -0.0856. The molecule has 30 heavy (non-hydrogen) atoms. The standard InChI is InChI=1S/C26H34F4/c1-3-5-20-14-21-15-22(26(29,30)23(21)25(28)24(20)27)19-12-10-18(11-13-19)17-8-6-16(4-2)7-9-17/h4,14,16-19,22H,2-3,5-13,15H2,1H3. The Morgan fingerprint density at radius 2 is 1.50 bits per heavy atom. The fraction of sp³-hybridized carbons (Fsp3) is 0.692. The van der Waals surface area contributed by atoms with E-state index in [0.717, 1.165) is 25.7 Å². The molecule has 0 aromatic heterocycles. The van der Waals surface area contributed by atoms with E-state index in [2.05, 4.69) is 12.7 Å². The number of alkyl halides is 2. The summed E-state index contributed by atoms with van der Waals surface area (Å²) in [6.45, 7) is 5.79. The van der Waals surface area contributed by atoms with E-state index in [9.17, 15) is 8.78 Å². The van der Waals surface area contributed by atoms with E-state index in [1.807, 2.05) is 6.92 Å².